The van der Waals surface area contributed by atoms with Gasteiger partial charge in [0.15, 0.2) is 9.84 Å². The summed E-state index contributed by atoms with van der Waals surface area (Å²) >= 11 is 0. The molecule has 0 unspecified atom stereocenters. The summed E-state index contributed by atoms with van der Waals surface area (Å²) in [6.45, 7) is 3.48. The summed E-state index contributed by atoms with van der Waals surface area (Å²) in [4.78, 5) is 2.53. The molecule has 0 saturated heterocycles. The molecule has 124 valence electrons. The van der Waals surface area contributed by atoms with E-state index in [0.29, 0.717) is 11.5 Å². The Labute approximate surface area is 138 Å². The molecule has 0 bridgehead atoms. The third-order valence-electron chi connectivity index (χ3n) is 3.91. The number of ether oxygens (including phenoxy) is 1. The Morgan fingerprint density at radius 2 is 1.65 bits per heavy atom. The number of rotatable bonds is 7. The number of nitrogens with zero attached hydrogens (tertiary/aromatic N) is 1. The lowest BCUT2D eigenvalue weighted by atomic mass is 10.1. The fraction of sp³-hybridized carbons (Fsp3) is 0.333. The van der Waals surface area contributed by atoms with Gasteiger partial charge >= 0.3 is 0 Å². The minimum Gasteiger partial charge on any atom is -0.492 e. The van der Waals surface area contributed by atoms with Crippen molar-refractivity contribution in [3.63, 3.8) is 0 Å². The molecular weight excluding hydrogens is 310 g/mol. The summed E-state index contributed by atoms with van der Waals surface area (Å²) in [7, 11) is -1.11. The van der Waals surface area contributed by atoms with Gasteiger partial charge in [-0.05, 0) is 43.8 Å². The third-order valence-corrected chi connectivity index (χ3v) is 5.04. The van der Waals surface area contributed by atoms with Crippen molar-refractivity contribution in [2.24, 2.45) is 0 Å². The van der Waals surface area contributed by atoms with Gasteiger partial charge in [0.1, 0.15) is 12.4 Å². The lowest BCUT2D eigenvalue weighted by molar-refractivity contribution is 0.201. The molecule has 2 aromatic carbocycles. The van der Waals surface area contributed by atoms with Crippen molar-refractivity contribution >= 4 is 9.84 Å². The van der Waals surface area contributed by atoms with Gasteiger partial charge in [0.25, 0.3) is 0 Å². The zero-order chi connectivity index (χ0) is 16.9. The molecular formula is C18H23NO3S. The van der Waals surface area contributed by atoms with E-state index in [1.54, 1.807) is 12.1 Å². The summed E-state index contributed by atoms with van der Waals surface area (Å²) in [6.07, 6.45) is 1.22. The molecule has 23 heavy (non-hydrogen) atoms. The van der Waals surface area contributed by atoms with Crippen LogP contribution in [-0.4, -0.2) is 39.8 Å². The van der Waals surface area contributed by atoms with Crippen molar-refractivity contribution in [1.82, 2.24) is 4.90 Å². The first-order valence-electron chi connectivity index (χ1n) is 7.56. The van der Waals surface area contributed by atoms with Crippen LogP contribution >= 0.6 is 0 Å². The molecule has 0 amide bonds. The van der Waals surface area contributed by atoms with E-state index < -0.39 is 9.84 Å². The van der Waals surface area contributed by atoms with Gasteiger partial charge in [0, 0.05) is 18.8 Å². The Kier molecular flexibility index (Phi) is 5.80. The van der Waals surface area contributed by atoms with Crippen molar-refractivity contribution in [2.75, 3.05) is 26.5 Å². The van der Waals surface area contributed by atoms with Crippen LogP contribution in [-0.2, 0) is 9.84 Å². The average Bonchev–Trinajstić information content (AvgIpc) is 2.54. The smallest absolute Gasteiger partial charge is 0.175 e. The van der Waals surface area contributed by atoms with Gasteiger partial charge in [-0.3, -0.25) is 4.90 Å². The van der Waals surface area contributed by atoms with Crippen molar-refractivity contribution in [2.45, 2.75) is 17.9 Å². The lowest BCUT2D eigenvalue weighted by Gasteiger charge is -2.25. The molecule has 0 saturated carbocycles. The predicted molar refractivity (Wildman–Crippen MR) is 92.5 cm³/mol. The second-order valence-electron chi connectivity index (χ2n) is 5.66. The molecule has 0 aliphatic heterocycles. The van der Waals surface area contributed by atoms with E-state index in [2.05, 4.69) is 11.8 Å². The molecule has 0 radical (unpaired) electrons. The molecule has 0 N–H and O–H groups in total. The molecule has 0 aliphatic rings. The first-order chi connectivity index (χ1) is 10.9. The number of likely N-dealkylation sites (N-methyl/N-ethyl adjacent to an activating group) is 1. The summed E-state index contributed by atoms with van der Waals surface area (Å²) in [5.41, 5.74) is 1.08. The van der Waals surface area contributed by atoms with Gasteiger partial charge in [-0.15, -0.1) is 0 Å². The van der Waals surface area contributed by atoms with Gasteiger partial charge < -0.3 is 4.74 Å². The van der Waals surface area contributed by atoms with Crippen molar-refractivity contribution in [1.29, 1.82) is 0 Å². The van der Waals surface area contributed by atoms with Crippen molar-refractivity contribution < 1.29 is 13.2 Å². The highest BCUT2D eigenvalue weighted by Gasteiger charge is 2.13. The summed E-state index contributed by atoms with van der Waals surface area (Å²) in [5, 5.41) is 0. The number of hydrogen-bond acceptors (Lipinski definition) is 4. The first-order valence-corrected chi connectivity index (χ1v) is 9.45. The highest BCUT2D eigenvalue weighted by atomic mass is 32.2. The molecule has 0 fully saturated rings. The predicted octanol–water partition coefficient (Wildman–Crippen LogP) is 3.16. The maximum absolute atomic E-state index is 11.5. The highest BCUT2D eigenvalue weighted by molar-refractivity contribution is 7.90. The van der Waals surface area contributed by atoms with E-state index in [1.807, 2.05) is 49.5 Å². The zero-order valence-corrected chi connectivity index (χ0v) is 14.6. The van der Waals surface area contributed by atoms with Crippen LogP contribution in [0.2, 0.25) is 0 Å². The van der Waals surface area contributed by atoms with Crippen LogP contribution in [0, 0.1) is 0 Å². The average molecular weight is 333 g/mol. The molecule has 1 atom stereocenters. The Morgan fingerprint density at radius 1 is 1.04 bits per heavy atom. The Balaban J connectivity index is 1.90. The van der Waals surface area contributed by atoms with Gasteiger partial charge in [-0.2, -0.15) is 0 Å². The third kappa shape index (κ3) is 5.08. The second kappa shape index (κ2) is 7.62. The highest BCUT2D eigenvalue weighted by Crippen LogP contribution is 2.20. The first kappa shape index (κ1) is 17.5. The zero-order valence-electron chi connectivity index (χ0n) is 13.8. The van der Waals surface area contributed by atoms with E-state index in [-0.39, 0.29) is 6.04 Å². The summed E-state index contributed by atoms with van der Waals surface area (Å²) in [5.74, 6) is 0.867. The van der Waals surface area contributed by atoms with Gasteiger partial charge in [0.2, 0.25) is 0 Å². The molecule has 4 nitrogen and oxygen atoms in total. The van der Waals surface area contributed by atoms with E-state index in [1.165, 1.54) is 6.26 Å². The SMILES string of the molecule is C[C@@H](c1ccc(S(C)(=O)=O)cc1)N(C)CCOc1ccccc1. The standard InChI is InChI=1S/C18H23NO3S/c1-15(16-9-11-18(12-10-16)23(3,20)21)19(2)13-14-22-17-7-5-4-6-8-17/h4-12,15H,13-14H2,1-3H3/t15-/m0/s1. The van der Waals surface area contributed by atoms with Crippen LogP contribution in [0.4, 0.5) is 0 Å². The Hall–Kier alpha value is -1.85. The van der Waals surface area contributed by atoms with Crippen LogP contribution < -0.4 is 4.74 Å². The maximum atomic E-state index is 11.5. The Bertz CT molecular complexity index is 712. The molecule has 0 aliphatic carbocycles. The van der Waals surface area contributed by atoms with Crippen LogP contribution in [0.5, 0.6) is 5.75 Å². The maximum Gasteiger partial charge on any atom is 0.175 e. The van der Waals surface area contributed by atoms with Crippen LogP contribution in [0.15, 0.2) is 59.5 Å². The van der Waals surface area contributed by atoms with Gasteiger partial charge in [-0.1, -0.05) is 30.3 Å². The lowest BCUT2D eigenvalue weighted by Crippen LogP contribution is -2.27. The quantitative estimate of drug-likeness (QED) is 0.781. The molecule has 5 heteroatoms. The van der Waals surface area contributed by atoms with E-state index in [0.717, 1.165) is 17.9 Å². The topological polar surface area (TPSA) is 46.6 Å². The van der Waals surface area contributed by atoms with E-state index in [9.17, 15) is 8.42 Å². The molecule has 0 aromatic heterocycles. The molecule has 2 aromatic rings. The molecule has 0 spiro atoms. The van der Waals surface area contributed by atoms with Crippen LogP contribution in [0.1, 0.15) is 18.5 Å². The van der Waals surface area contributed by atoms with E-state index in [4.69, 9.17) is 4.74 Å². The Morgan fingerprint density at radius 3 is 2.22 bits per heavy atom. The normalized spacial score (nSPS) is 13.0. The number of benzene rings is 2. The fourth-order valence-electron chi connectivity index (χ4n) is 2.27. The number of hydrogen-bond donors (Lipinski definition) is 0. The largest absolute Gasteiger partial charge is 0.492 e. The fourth-order valence-corrected chi connectivity index (χ4v) is 2.90. The number of sulfone groups is 1. The summed E-state index contributed by atoms with van der Waals surface area (Å²) in [6, 6.07) is 17.0. The monoisotopic (exact) mass is 333 g/mol. The summed E-state index contributed by atoms with van der Waals surface area (Å²) < 4.78 is 28.7. The molecule has 0 heterocycles. The molecule has 2 rings (SSSR count). The van der Waals surface area contributed by atoms with Crippen LogP contribution in [0.3, 0.4) is 0 Å². The number of para-hydroxylation sites is 1. The minimum absolute atomic E-state index is 0.183. The van der Waals surface area contributed by atoms with E-state index >= 15 is 0 Å². The van der Waals surface area contributed by atoms with Crippen molar-refractivity contribution in [3.05, 3.63) is 60.2 Å². The second-order valence-corrected chi connectivity index (χ2v) is 7.68. The minimum atomic E-state index is -3.14. The van der Waals surface area contributed by atoms with Crippen molar-refractivity contribution in [3.8, 4) is 5.75 Å². The van der Waals surface area contributed by atoms with Gasteiger partial charge in [0.05, 0.1) is 4.90 Å². The van der Waals surface area contributed by atoms with Gasteiger partial charge in [-0.25, -0.2) is 8.42 Å². The van der Waals surface area contributed by atoms with Crippen LogP contribution in [0.25, 0.3) is 0 Å².